The van der Waals surface area contributed by atoms with E-state index in [-0.39, 0.29) is 0 Å². The van der Waals surface area contributed by atoms with Gasteiger partial charge in [0.15, 0.2) is 0 Å². The number of hydrogen-bond acceptors (Lipinski definition) is 4. The molecule has 2 aliphatic heterocycles. The summed E-state index contributed by atoms with van der Waals surface area (Å²) in [6.45, 7) is 0. The third-order valence-corrected chi connectivity index (χ3v) is 8.80. The molecule has 2 saturated heterocycles. The van der Waals surface area contributed by atoms with E-state index in [1.165, 1.54) is 34.5 Å². The fraction of sp³-hybridized carbons (Fsp3) is 0.500. The number of hydrogen-bond donors (Lipinski definition) is 0. The van der Waals surface area contributed by atoms with Crippen LogP contribution in [0, 0.1) is 5.92 Å². The van der Waals surface area contributed by atoms with Crippen molar-refractivity contribution in [2.45, 2.75) is 9.16 Å². The monoisotopic (exact) mass is 285 g/mol. The molecule has 0 spiro atoms. The molecule has 0 amide bonds. The summed E-state index contributed by atoms with van der Waals surface area (Å²) in [7, 11) is 0. The summed E-state index contributed by atoms with van der Waals surface area (Å²) in [4.78, 5) is 0. The second-order valence-corrected chi connectivity index (χ2v) is 9.17. The standard InChI is InChI=1S/C12H13S4/c1-2-10(12-15-7-8-16-12)4-3-9(1)11-13-5-6-14-11/h1-3,11-12H,5-8H2. The molecule has 2 fully saturated rings. The Labute approximate surface area is 114 Å². The van der Waals surface area contributed by atoms with Gasteiger partial charge in [0, 0.05) is 28.6 Å². The molecular weight excluding hydrogens is 272 g/mol. The molecule has 0 atom stereocenters. The fourth-order valence-corrected chi connectivity index (χ4v) is 7.48. The van der Waals surface area contributed by atoms with E-state index in [0.717, 1.165) is 0 Å². The van der Waals surface area contributed by atoms with Crippen molar-refractivity contribution in [2.24, 2.45) is 0 Å². The summed E-state index contributed by atoms with van der Waals surface area (Å²) < 4.78 is 1.30. The van der Waals surface area contributed by atoms with Crippen molar-refractivity contribution in [3.05, 3.63) is 35.5 Å². The highest BCUT2D eigenvalue weighted by Crippen LogP contribution is 2.42. The molecule has 0 nitrogen and oxygen atoms in total. The molecule has 1 aliphatic carbocycles. The van der Waals surface area contributed by atoms with Crippen molar-refractivity contribution < 1.29 is 0 Å². The molecule has 2 heterocycles. The van der Waals surface area contributed by atoms with Crippen molar-refractivity contribution in [3.63, 3.8) is 0 Å². The third kappa shape index (κ3) is 2.56. The van der Waals surface area contributed by atoms with Crippen LogP contribution in [-0.2, 0) is 0 Å². The molecule has 4 heteroatoms. The highest BCUT2D eigenvalue weighted by atomic mass is 32.2. The number of allylic oxidation sites excluding steroid dienone is 2. The first kappa shape index (κ1) is 11.7. The van der Waals surface area contributed by atoms with Gasteiger partial charge in [-0.1, -0.05) is 12.2 Å². The van der Waals surface area contributed by atoms with Crippen LogP contribution in [0.4, 0.5) is 0 Å². The summed E-state index contributed by atoms with van der Waals surface area (Å²) in [6, 6.07) is 0. The van der Waals surface area contributed by atoms with E-state index in [4.69, 9.17) is 0 Å². The van der Waals surface area contributed by atoms with Gasteiger partial charge in [0.1, 0.15) is 0 Å². The van der Waals surface area contributed by atoms with Crippen LogP contribution in [0.15, 0.2) is 29.5 Å². The molecule has 0 saturated carbocycles. The van der Waals surface area contributed by atoms with Gasteiger partial charge in [-0.25, -0.2) is 0 Å². The highest BCUT2D eigenvalue weighted by molar-refractivity contribution is 8.20. The molecule has 0 aromatic heterocycles. The molecule has 0 unspecified atom stereocenters. The second kappa shape index (κ2) is 5.53. The van der Waals surface area contributed by atoms with E-state index < -0.39 is 0 Å². The number of rotatable bonds is 2. The normalized spacial score (nSPS) is 27.9. The fourth-order valence-electron chi connectivity index (χ4n) is 1.83. The summed E-state index contributed by atoms with van der Waals surface area (Å²) in [5, 5.41) is 0. The van der Waals surface area contributed by atoms with Crippen LogP contribution in [0.3, 0.4) is 0 Å². The molecule has 3 aliphatic rings. The zero-order chi connectivity index (χ0) is 10.8. The van der Waals surface area contributed by atoms with Gasteiger partial charge >= 0.3 is 0 Å². The van der Waals surface area contributed by atoms with Crippen LogP contribution in [0.25, 0.3) is 0 Å². The van der Waals surface area contributed by atoms with Crippen molar-refractivity contribution in [1.29, 1.82) is 0 Å². The van der Waals surface area contributed by atoms with Crippen LogP contribution in [0.2, 0.25) is 0 Å². The van der Waals surface area contributed by atoms with Crippen LogP contribution in [0.1, 0.15) is 0 Å². The largest absolute Gasteiger partial charge is 0.145 e. The third-order valence-electron chi connectivity index (χ3n) is 2.63. The number of thioether (sulfide) groups is 4. The Bertz CT molecular complexity index is 342. The molecule has 0 aromatic carbocycles. The Hall–Kier alpha value is 0.660. The maximum Gasteiger partial charge on any atom is 0.0823 e. The van der Waals surface area contributed by atoms with Gasteiger partial charge in [0.2, 0.25) is 0 Å². The molecule has 0 aromatic rings. The van der Waals surface area contributed by atoms with Crippen molar-refractivity contribution in [1.82, 2.24) is 0 Å². The average Bonchev–Trinajstić information content (AvgIpc) is 3.03. The molecule has 85 valence electrons. The summed E-state index contributed by atoms with van der Waals surface area (Å²) in [6.07, 6.45) is 6.80. The van der Waals surface area contributed by atoms with Gasteiger partial charge in [0.25, 0.3) is 0 Å². The van der Waals surface area contributed by atoms with E-state index in [2.05, 4.69) is 71.0 Å². The highest BCUT2D eigenvalue weighted by Gasteiger charge is 2.26. The molecular formula is C12H13S4. The molecule has 16 heavy (non-hydrogen) atoms. The van der Waals surface area contributed by atoms with E-state index >= 15 is 0 Å². The Balaban J connectivity index is 1.70. The van der Waals surface area contributed by atoms with Gasteiger partial charge in [0.05, 0.1) is 15.1 Å². The Morgan fingerprint density at radius 2 is 1.50 bits per heavy atom. The summed E-state index contributed by atoms with van der Waals surface area (Å²) in [5.74, 6) is 6.62. The predicted octanol–water partition coefficient (Wildman–Crippen LogP) is 3.82. The summed E-state index contributed by atoms with van der Waals surface area (Å²) in [5.41, 5.74) is 4.87. The lowest BCUT2D eigenvalue weighted by Crippen LogP contribution is -2.06. The van der Waals surface area contributed by atoms with Crippen LogP contribution in [-0.4, -0.2) is 32.2 Å². The molecule has 1 radical (unpaired) electrons. The van der Waals surface area contributed by atoms with E-state index in [0.29, 0.717) is 9.16 Å². The van der Waals surface area contributed by atoms with Gasteiger partial charge in [-0.15, -0.1) is 52.8 Å². The van der Waals surface area contributed by atoms with Crippen molar-refractivity contribution in [2.75, 3.05) is 23.0 Å². The van der Waals surface area contributed by atoms with Gasteiger partial charge < -0.3 is 0 Å². The first-order valence-corrected chi connectivity index (χ1v) is 9.61. The van der Waals surface area contributed by atoms with Gasteiger partial charge in [-0.05, 0) is 6.08 Å². The molecule has 3 rings (SSSR count). The lowest BCUT2D eigenvalue weighted by atomic mass is 10.1. The van der Waals surface area contributed by atoms with Gasteiger partial charge in [-0.2, -0.15) is 0 Å². The minimum Gasteiger partial charge on any atom is -0.145 e. The quantitative estimate of drug-likeness (QED) is 0.707. The van der Waals surface area contributed by atoms with Crippen molar-refractivity contribution in [3.8, 4) is 0 Å². The van der Waals surface area contributed by atoms with E-state index in [1.54, 1.807) is 0 Å². The van der Waals surface area contributed by atoms with Gasteiger partial charge in [-0.3, -0.25) is 0 Å². The second-order valence-electron chi connectivity index (χ2n) is 3.72. The first-order valence-electron chi connectivity index (χ1n) is 5.41. The minimum atomic E-state index is 0.637. The van der Waals surface area contributed by atoms with Crippen LogP contribution in [0.5, 0.6) is 0 Å². The lowest BCUT2D eigenvalue weighted by Gasteiger charge is -2.17. The van der Waals surface area contributed by atoms with E-state index in [1.807, 2.05) is 0 Å². The molecule has 0 bridgehead atoms. The van der Waals surface area contributed by atoms with Crippen molar-refractivity contribution >= 4 is 47.0 Å². The first-order chi connectivity index (χ1) is 7.93. The zero-order valence-corrected chi connectivity index (χ0v) is 12.1. The Morgan fingerprint density at radius 3 is 2.06 bits per heavy atom. The average molecular weight is 286 g/mol. The summed E-state index contributed by atoms with van der Waals surface area (Å²) >= 11 is 8.24. The lowest BCUT2D eigenvalue weighted by molar-refractivity contribution is 1.26. The zero-order valence-electron chi connectivity index (χ0n) is 8.85. The maximum atomic E-state index is 3.49. The van der Waals surface area contributed by atoms with E-state index in [9.17, 15) is 0 Å². The Kier molecular flexibility index (Phi) is 4.06. The predicted molar refractivity (Wildman–Crippen MR) is 81.4 cm³/mol. The maximum absolute atomic E-state index is 3.49. The minimum absolute atomic E-state index is 0.637. The van der Waals surface area contributed by atoms with Crippen LogP contribution >= 0.6 is 47.0 Å². The SMILES string of the molecule is C1=C[C](C2SCCS2)C=CC=1C1SCCS1. The van der Waals surface area contributed by atoms with Crippen LogP contribution < -0.4 is 0 Å². The smallest absolute Gasteiger partial charge is 0.0823 e. The Morgan fingerprint density at radius 1 is 0.875 bits per heavy atom. The molecule has 0 N–H and O–H groups in total. The topological polar surface area (TPSA) is 0 Å².